The molecular weight excluding hydrogens is 455 g/mol. The van der Waals surface area contributed by atoms with Gasteiger partial charge < -0.3 is 14.7 Å². The number of halogens is 1. The minimum Gasteiger partial charge on any atom is -0.497 e. The standard InChI is InChI=1S/C26H27FN2O4S/c1-28-24-12-5-18(17-3-8-20(33-2)9-4-17)15-23(24)26-22(25(28)16-30)13-14-29(26)34(31,32)21-10-6-19(27)7-11-21/h3-12,15,22,25-26,30H,13-14,16H2,1-2H3/t22-,25+,26-/m1/s1. The van der Waals surface area contributed by atoms with Crippen molar-refractivity contribution in [1.82, 2.24) is 4.31 Å². The van der Waals surface area contributed by atoms with E-state index in [1.807, 2.05) is 43.4 Å². The summed E-state index contributed by atoms with van der Waals surface area (Å²) in [4.78, 5) is 2.13. The summed E-state index contributed by atoms with van der Waals surface area (Å²) in [5.41, 5.74) is 3.78. The third kappa shape index (κ3) is 3.66. The molecule has 2 heterocycles. The molecule has 1 fully saturated rings. The molecule has 5 rings (SSSR count). The molecule has 178 valence electrons. The van der Waals surface area contributed by atoms with Crippen LogP contribution >= 0.6 is 0 Å². The molecule has 0 saturated carbocycles. The van der Waals surface area contributed by atoms with E-state index in [-0.39, 0.29) is 23.5 Å². The lowest BCUT2D eigenvalue weighted by Crippen LogP contribution is -2.48. The maximum absolute atomic E-state index is 13.6. The lowest BCUT2D eigenvalue weighted by molar-refractivity contribution is 0.193. The van der Waals surface area contributed by atoms with E-state index in [9.17, 15) is 17.9 Å². The molecule has 3 aromatic carbocycles. The number of hydrogen-bond donors (Lipinski definition) is 1. The number of nitrogens with zero attached hydrogens (tertiary/aromatic N) is 2. The molecule has 8 heteroatoms. The van der Waals surface area contributed by atoms with Crippen molar-refractivity contribution in [2.75, 3.05) is 32.2 Å². The van der Waals surface area contributed by atoms with E-state index in [0.29, 0.717) is 13.0 Å². The third-order valence-corrected chi connectivity index (χ3v) is 9.04. The van der Waals surface area contributed by atoms with Crippen LogP contribution in [-0.2, 0) is 10.0 Å². The number of likely N-dealkylation sites (N-methyl/N-ethyl adjacent to an activating group) is 1. The van der Waals surface area contributed by atoms with Gasteiger partial charge in [0.25, 0.3) is 0 Å². The molecule has 0 aromatic heterocycles. The molecular formula is C26H27FN2O4S. The summed E-state index contributed by atoms with van der Waals surface area (Å²) in [6.45, 7) is 0.271. The SMILES string of the molecule is COc1ccc(-c2ccc3c(c2)[C@H]2[C@H](CCN2S(=O)(=O)c2ccc(F)cc2)[C@H](CO)N3C)cc1. The molecule has 0 aliphatic carbocycles. The normalized spacial score (nSPS) is 22.4. The van der Waals surface area contributed by atoms with E-state index in [0.717, 1.165) is 28.1 Å². The lowest BCUT2D eigenvalue weighted by Gasteiger charge is -2.44. The van der Waals surface area contributed by atoms with Crippen molar-refractivity contribution in [3.05, 3.63) is 78.1 Å². The Morgan fingerprint density at radius 3 is 2.35 bits per heavy atom. The Kier molecular flexibility index (Phi) is 5.83. The highest BCUT2D eigenvalue weighted by Crippen LogP contribution is 2.51. The van der Waals surface area contributed by atoms with Gasteiger partial charge in [0, 0.05) is 25.2 Å². The van der Waals surface area contributed by atoms with Gasteiger partial charge in [-0.1, -0.05) is 18.2 Å². The number of aliphatic hydroxyl groups excluding tert-OH is 1. The van der Waals surface area contributed by atoms with Crippen LogP contribution in [0, 0.1) is 11.7 Å². The largest absolute Gasteiger partial charge is 0.497 e. The van der Waals surface area contributed by atoms with Gasteiger partial charge in [0.05, 0.1) is 30.7 Å². The van der Waals surface area contributed by atoms with E-state index < -0.39 is 21.9 Å². The predicted octanol–water partition coefficient (Wildman–Crippen LogP) is 4.06. The number of methoxy groups -OCH3 is 1. The first-order chi connectivity index (χ1) is 16.3. The van der Waals surface area contributed by atoms with E-state index in [2.05, 4.69) is 11.0 Å². The quantitative estimate of drug-likeness (QED) is 0.594. The van der Waals surface area contributed by atoms with E-state index >= 15 is 0 Å². The molecule has 0 unspecified atom stereocenters. The first-order valence-corrected chi connectivity index (χ1v) is 12.7. The molecule has 1 saturated heterocycles. The average Bonchev–Trinajstić information content (AvgIpc) is 3.30. The minimum atomic E-state index is -3.85. The summed E-state index contributed by atoms with van der Waals surface area (Å²) in [5, 5.41) is 10.2. The van der Waals surface area contributed by atoms with Gasteiger partial charge >= 0.3 is 0 Å². The van der Waals surface area contributed by atoms with Gasteiger partial charge in [-0.3, -0.25) is 0 Å². The summed E-state index contributed by atoms with van der Waals surface area (Å²) in [6, 6.07) is 18.1. The Morgan fingerprint density at radius 2 is 1.71 bits per heavy atom. The fourth-order valence-corrected chi connectivity index (χ4v) is 7.05. The predicted molar refractivity (Wildman–Crippen MR) is 129 cm³/mol. The van der Waals surface area contributed by atoms with Crippen molar-refractivity contribution >= 4 is 15.7 Å². The number of aliphatic hydroxyl groups is 1. The average molecular weight is 483 g/mol. The summed E-state index contributed by atoms with van der Waals surface area (Å²) in [6.07, 6.45) is 0.632. The Hall–Kier alpha value is -2.94. The maximum Gasteiger partial charge on any atom is 0.243 e. The van der Waals surface area contributed by atoms with Crippen molar-refractivity contribution in [3.8, 4) is 16.9 Å². The second-order valence-corrected chi connectivity index (χ2v) is 10.7. The van der Waals surface area contributed by atoms with Crippen LogP contribution in [0.5, 0.6) is 5.75 Å². The topological polar surface area (TPSA) is 70.1 Å². The monoisotopic (exact) mass is 482 g/mol. The van der Waals surface area contributed by atoms with Crippen molar-refractivity contribution in [2.24, 2.45) is 5.92 Å². The second-order valence-electron chi connectivity index (χ2n) is 8.83. The minimum absolute atomic E-state index is 0.0659. The van der Waals surface area contributed by atoms with Crippen molar-refractivity contribution in [1.29, 1.82) is 0 Å². The fraction of sp³-hybridized carbons (Fsp3) is 0.308. The third-order valence-electron chi connectivity index (χ3n) is 7.15. The van der Waals surface area contributed by atoms with Crippen molar-refractivity contribution in [2.45, 2.75) is 23.4 Å². The molecule has 2 aliphatic rings. The van der Waals surface area contributed by atoms with Gasteiger partial charge in [0.1, 0.15) is 11.6 Å². The Bertz CT molecular complexity index is 1300. The van der Waals surface area contributed by atoms with Gasteiger partial charge in [-0.25, -0.2) is 12.8 Å². The Labute approximate surface area is 199 Å². The Morgan fingerprint density at radius 1 is 1.03 bits per heavy atom. The molecule has 34 heavy (non-hydrogen) atoms. The number of hydrogen-bond acceptors (Lipinski definition) is 5. The fourth-order valence-electron chi connectivity index (χ4n) is 5.39. The molecule has 2 aliphatic heterocycles. The molecule has 6 nitrogen and oxygen atoms in total. The zero-order valence-corrected chi connectivity index (χ0v) is 19.9. The molecule has 3 atom stereocenters. The number of benzene rings is 3. The van der Waals surface area contributed by atoms with Gasteiger partial charge in [0.2, 0.25) is 10.0 Å². The van der Waals surface area contributed by atoms with Crippen LogP contribution in [-0.4, -0.2) is 51.2 Å². The van der Waals surface area contributed by atoms with Crippen molar-refractivity contribution < 1.29 is 22.7 Å². The van der Waals surface area contributed by atoms with Crippen LogP contribution < -0.4 is 9.64 Å². The first kappa shape index (κ1) is 22.8. The van der Waals surface area contributed by atoms with E-state index in [4.69, 9.17) is 4.74 Å². The lowest BCUT2D eigenvalue weighted by atomic mass is 9.81. The second kappa shape index (κ2) is 8.69. The van der Waals surface area contributed by atoms with Crippen LogP contribution in [0.2, 0.25) is 0 Å². The highest BCUT2D eigenvalue weighted by Gasteiger charge is 2.50. The number of ether oxygens (including phenoxy) is 1. The summed E-state index contributed by atoms with van der Waals surface area (Å²) >= 11 is 0. The van der Waals surface area contributed by atoms with Crippen LogP contribution in [0.25, 0.3) is 11.1 Å². The van der Waals surface area contributed by atoms with Crippen LogP contribution in [0.1, 0.15) is 18.0 Å². The molecule has 0 radical (unpaired) electrons. The molecule has 0 amide bonds. The number of sulfonamides is 1. The summed E-state index contributed by atoms with van der Waals surface area (Å²) < 4.78 is 47.5. The number of fused-ring (bicyclic) bond motifs is 3. The van der Waals surface area contributed by atoms with Gasteiger partial charge in [-0.05, 0) is 71.6 Å². The summed E-state index contributed by atoms with van der Waals surface area (Å²) in [7, 11) is -0.287. The molecule has 3 aromatic rings. The zero-order chi connectivity index (χ0) is 24.0. The smallest absolute Gasteiger partial charge is 0.243 e. The van der Waals surface area contributed by atoms with Gasteiger partial charge in [-0.2, -0.15) is 4.31 Å². The van der Waals surface area contributed by atoms with Crippen LogP contribution in [0.3, 0.4) is 0 Å². The maximum atomic E-state index is 13.6. The molecule has 1 N–H and O–H groups in total. The highest BCUT2D eigenvalue weighted by molar-refractivity contribution is 7.89. The van der Waals surface area contributed by atoms with E-state index in [1.165, 1.54) is 28.6 Å². The van der Waals surface area contributed by atoms with Gasteiger partial charge in [-0.15, -0.1) is 0 Å². The van der Waals surface area contributed by atoms with Crippen molar-refractivity contribution in [3.63, 3.8) is 0 Å². The zero-order valence-electron chi connectivity index (χ0n) is 19.1. The molecule has 0 bridgehead atoms. The number of anilines is 1. The highest BCUT2D eigenvalue weighted by atomic mass is 32.2. The van der Waals surface area contributed by atoms with E-state index in [1.54, 1.807) is 7.11 Å². The van der Waals surface area contributed by atoms with Gasteiger partial charge in [0.15, 0.2) is 0 Å². The molecule has 0 spiro atoms. The van der Waals surface area contributed by atoms with Crippen LogP contribution in [0.4, 0.5) is 10.1 Å². The first-order valence-electron chi connectivity index (χ1n) is 11.2. The number of rotatable bonds is 5. The Balaban J connectivity index is 1.62. The van der Waals surface area contributed by atoms with Crippen LogP contribution in [0.15, 0.2) is 71.6 Å². The summed E-state index contributed by atoms with van der Waals surface area (Å²) in [5.74, 6) is 0.218.